The first-order valence-corrected chi connectivity index (χ1v) is 6.91. The van der Waals surface area contributed by atoms with Gasteiger partial charge >= 0.3 is 0 Å². The molecule has 0 aliphatic carbocycles. The SMILES string of the molecule is CCC1CCCN(c2c(C=O)c(C)nn2C)CC1. The number of carbonyl (C=O) groups excluding carboxylic acids is 1. The van der Waals surface area contributed by atoms with Gasteiger partial charge in [-0.25, -0.2) is 0 Å². The molecule has 0 amide bonds. The molecule has 0 spiro atoms. The number of rotatable bonds is 3. The van der Waals surface area contributed by atoms with Crippen molar-refractivity contribution < 1.29 is 4.79 Å². The van der Waals surface area contributed by atoms with Gasteiger partial charge < -0.3 is 4.90 Å². The fourth-order valence-corrected chi connectivity index (χ4v) is 2.96. The number of aromatic nitrogens is 2. The van der Waals surface area contributed by atoms with E-state index >= 15 is 0 Å². The average Bonchev–Trinajstić information content (AvgIpc) is 2.55. The molecule has 18 heavy (non-hydrogen) atoms. The van der Waals surface area contributed by atoms with E-state index in [4.69, 9.17) is 0 Å². The summed E-state index contributed by atoms with van der Waals surface area (Å²) < 4.78 is 1.85. The molecule has 1 fully saturated rings. The second kappa shape index (κ2) is 5.55. The highest BCUT2D eigenvalue weighted by molar-refractivity contribution is 5.84. The number of hydrogen-bond donors (Lipinski definition) is 0. The van der Waals surface area contributed by atoms with E-state index in [1.807, 2.05) is 18.7 Å². The topological polar surface area (TPSA) is 38.1 Å². The molecule has 1 unspecified atom stereocenters. The molecule has 100 valence electrons. The van der Waals surface area contributed by atoms with E-state index in [0.717, 1.165) is 42.4 Å². The van der Waals surface area contributed by atoms with Gasteiger partial charge in [0.15, 0.2) is 6.29 Å². The molecule has 1 aromatic rings. The van der Waals surface area contributed by atoms with E-state index in [1.165, 1.54) is 25.7 Å². The molecule has 0 saturated carbocycles. The number of nitrogens with zero attached hydrogens (tertiary/aromatic N) is 3. The molecule has 4 nitrogen and oxygen atoms in total. The van der Waals surface area contributed by atoms with Crippen molar-refractivity contribution >= 4 is 12.1 Å². The van der Waals surface area contributed by atoms with Gasteiger partial charge in [-0.05, 0) is 32.1 Å². The predicted molar refractivity (Wildman–Crippen MR) is 73.2 cm³/mol. The van der Waals surface area contributed by atoms with E-state index in [0.29, 0.717) is 0 Å². The van der Waals surface area contributed by atoms with E-state index in [2.05, 4.69) is 16.9 Å². The number of anilines is 1. The van der Waals surface area contributed by atoms with Crippen LogP contribution in [0.4, 0.5) is 5.82 Å². The Labute approximate surface area is 109 Å². The van der Waals surface area contributed by atoms with Crippen molar-refractivity contribution in [2.75, 3.05) is 18.0 Å². The van der Waals surface area contributed by atoms with Crippen molar-refractivity contribution in [3.63, 3.8) is 0 Å². The van der Waals surface area contributed by atoms with E-state index < -0.39 is 0 Å². The van der Waals surface area contributed by atoms with Crippen LogP contribution in [0.15, 0.2) is 0 Å². The zero-order valence-corrected chi connectivity index (χ0v) is 11.6. The first kappa shape index (κ1) is 13.1. The minimum absolute atomic E-state index is 0.757. The molecule has 1 aliphatic rings. The van der Waals surface area contributed by atoms with Gasteiger partial charge in [-0.15, -0.1) is 0 Å². The summed E-state index contributed by atoms with van der Waals surface area (Å²) in [6.07, 6.45) is 5.94. The zero-order valence-electron chi connectivity index (χ0n) is 11.6. The Hall–Kier alpha value is -1.32. The molecule has 1 aromatic heterocycles. The largest absolute Gasteiger partial charge is 0.356 e. The van der Waals surface area contributed by atoms with E-state index in [-0.39, 0.29) is 0 Å². The Morgan fingerprint density at radius 2 is 2.17 bits per heavy atom. The third-order valence-corrected chi connectivity index (χ3v) is 4.08. The van der Waals surface area contributed by atoms with Gasteiger partial charge in [0.1, 0.15) is 5.82 Å². The van der Waals surface area contributed by atoms with Gasteiger partial charge in [0.25, 0.3) is 0 Å². The van der Waals surface area contributed by atoms with Crippen LogP contribution in [0.3, 0.4) is 0 Å². The van der Waals surface area contributed by atoms with Gasteiger partial charge in [-0.3, -0.25) is 9.48 Å². The zero-order chi connectivity index (χ0) is 13.1. The van der Waals surface area contributed by atoms with Crippen LogP contribution in [-0.2, 0) is 7.05 Å². The third-order valence-electron chi connectivity index (χ3n) is 4.08. The summed E-state index contributed by atoms with van der Waals surface area (Å²) in [6.45, 7) is 6.25. The Kier molecular flexibility index (Phi) is 4.04. The Morgan fingerprint density at radius 1 is 1.39 bits per heavy atom. The lowest BCUT2D eigenvalue weighted by Crippen LogP contribution is -2.27. The molecule has 0 N–H and O–H groups in total. The maximum Gasteiger partial charge on any atom is 0.155 e. The number of hydrogen-bond acceptors (Lipinski definition) is 3. The lowest BCUT2D eigenvalue weighted by Gasteiger charge is -2.23. The van der Waals surface area contributed by atoms with Crippen molar-refractivity contribution in [1.82, 2.24) is 9.78 Å². The van der Waals surface area contributed by atoms with Gasteiger partial charge in [-0.1, -0.05) is 13.3 Å². The van der Waals surface area contributed by atoms with E-state index in [1.54, 1.807) is 0 Å². The Bertz CT molecular complexity index is 425. The standard InChI is InChI=1S/C14H23N3O/c1-4-12-6-5-8-17(9-7-12)14-13(10-18)11(2)15-16(14)3/h10,12H,4-9H2,1-3H3. The first-order valence-electron chi connectivity index (χ1n) is 6.91. The van der Waals surface area contributed by atoms with Crippen molar-refractivity contribution in [3.05, 3.63) is 11.3 Å². The number of carbonyl (C=O) groups is 1. The lowest BCUT2D eigenvalue weighted by atomic mass is 9.98. The van der Waals surface area contributed by atoms with Crippen molar-refractivity contribution in [2.45, 2.75) is 39.5 Å². The lowest BCUT2D eigenvalue weighted by molar-refractivity contribution is 0.112. The minimum atomic E-state index is 0.757. The molecule has 1 atom stereocenters. The van der Waals surface area contributed by atoms with Crippen LogP contribution in [0.25, 0.3) is 0 Å². The molecule has 4 heteroatoms. The van der Waals surface area contributed by atoms with Crippen LogP contribution >= 0.6 is 0 Å². The maximum absolute atomic E-state index is 11.2. The highest BCUT2D eigenvalue weighted by Gasteiger charge is 2.22. The monoisotopic (exact) mass is 249 g/mol. The predicted octanol–water partition coefficient (Wildman–Crippen LogP) is 2.56. The Balaban J connectivity index is 2.23. The number of aryl methyl sites for hydroxylation is 2. The minimum Gasteiger partial charge on any atom is -0.356 e. The summed E-state index contributed by atoms with van der Waals surface area (Å²) in [7, 11) is 1.93. The van der Waals surface area contributed by atoms with Crippen LogP contribution in [0.2, 0.25) is 0 Å². The molecule has 0 bridgehead atoms. The van der Waals surface area contributed by atoms with Crippen LogP contribution in [0.5, 0.6) is 0 Å². The molecule has 2 heterocycles. The summed E-state index contributed by atoms with van der Waals surface area (Å²) in [5, 5.41) is 4.37. The van der Waals surface area contributed by atoms with Crippen molar-refractivity contribution in [2.24, 2.45) is 13.0 Å². The summed E-state index contributed by atoms with van der Waals surface area (Å²) in [6, 6.07) is 0. The van der Waals surface area contributed by atoms with Gasteiger partial charge in [-0.2, -0.15) is 5.10 Å². The van der Waals surface area contributed by atoms with Crippen LogP contribution < -0.4 is 4.90 Å². The van der Waals surface area contributed by atoms with Crippen LogP contribution in [0.1, 0.15) is 48.7 Å². The second-order valence-corrected chi connectivity index (χ2v) is 5.26. The Morgan fingerprint density at radius 3 is 2.83 bits per heavy atom. The highest BCUT2D eigenvalue weighted by atomic mass is 16.1. The number of aldehydes is 1. The molecular weight excluding hydrogens is 226 g/mol. The normalized spacial score (nSPS) is 20.8. The molecule has 1 aliphatic heterocycles. The molecule has 1 saturated heterocycles. The van der Waals surface area contributed by atoms with Gasteiger partial charge in [0.2, 0.25) is 0 Å². The second-order valence-electron chi connectivity index (χ2n) is 5.26. The van der Waals surface area contributed by atoms with Crippen molar-refractivity contribution in [1.29, 1.82) is 0 Å². The van der Waals surface area contributed by atoms with Crippen LogP contribution in [-0.4, -0.2) is 29.2 Å². The highest BCUT2D eigenvalue weighted by Crippen LogP contribution is 2.27. The van der Waals surface area contributed by atoms with Gasteiger partial charge in [0.05, 0.1) is 11.3 Å². The first-order chi connectivity index (χ1) is 8.67. The summed E-state index contributed by atoms with van der Waals surface area (Å²) in [4.78, 5) is 13.6. The smallest absolute Gasteiger partial charge is 0.155 e. The molecule has 2 rings (SSSR count). The van der Waals surface area contributed by atoms with E-state index in [9.17, 15) is 4.79 Å². The third kappa shape index (κ3) is 2.42. The van der Waals surface area contributed by atoms with Gasteiger partial charge in [0, 0.05) is 20.1 Å². The fraction of sp³-hybridized carbons (Fsp3) is 0.714. The molecule has 0 aromatic carbocycles. The average molecular weight is 249 g/mol. The summed E-state index contributed by atoms with van der Waals surface area (Å²) in [5.41, 5.74) is 1.59. The summed E-state index contributed by atoms with van der Waals surface area (Å²) >= 11 is 0. The molecule has 0 radical (unpaired) electrons. The van der Waals surface area contributed by atoms with Crippen molar-refractivity contribution in [3.8, 4) is 0 Å². The maximum atomic E-state index is 11.2. The fourth-order valence-electron chi connectivity index (χ4n) is 2.96. The quantitative estimate of drug-likeness (QED) is 0.773. The molecular formula is C14H23N3O. The summed E-state index contributed by atoms with van der Waals surface area (Å²) in [5.74, 6) is 1.84. The van der Waals surface area contributed by atoms with Crippen LogP contribution in [0, 0.1) is 12.8 Å².